The minimum atomic E-state index is -0.230. The van der Waals surface area contributed by atoms with Gasteiger partial charge in [-0.3, -0.25) is 0 Å². The van der Waals surface area contributed by atoms with Crippen molar-refractivity contribution < 1.29 is 13.6 Å². The van der Waals surface area contributed by atoms with Gasteiger partial charge in [0.05, 0.1) is 0 Å². The van der Waals surface area contributed by atoms with Gasteiger partial charge in [-0.25, -0.2) is 9.18 Å². The van der Waals surface area contributed by atoms with Crippen LogP contribution in [0.5, 0.6) is 0 Å². The molecule has 2 fully saturated rings. The Bertz CT molecular complexity index is 1130. The number of piperidine rings is 1. The van der Waals surface area contributed by atoms with E-state index in [0.29, 0.717) is 29.3 Å². The maximum atomic E-state index is 13.1. The third-order valence-electron chi connectivity index (χ3n) is 6.12. The number of fused-ring (bicyclic) bond motifs is 1. The molecule has 1 aromatic heterocycles. The first-order valence-electron chi connectivity index (χ1n) is 10.8. The highest BCUT2D eigenvalue weighted by Crippen LogP contribution is 2.46. The van der Waals surface area contributed by atoms with Gasteiger partial charge in [0.15, 0.2) is 0 Å². The zero-order chi connectivity index (χ0) is 22.5. The summed E-state index contributed by atoms with van der Waals surface area (Å²) in [5, 5.41) is 14.2. The van der Waals surface area contributed by atoms with Gasteiger partial charge in [0.1, 0.15) is 5.82 Å². The summed E-state index contributed by atoms with van der Waals surface area (Å²) in [6.07, 6.45) is 0. The van der Waals surface area contributed by atoms with E-state index in [1.54, 1.807) is 12.1 Å². The van der Waals surface area contributed by atoms with Gasteiger partial charge in [0.2, 0.25) is 11.8 Å². The van der Waals surface area contributed by atoms with Gasteiger partial charge in [-0.05, 0) is 42.5 Å². The van der Waals surface area contributed by atoms with E-state index in [4.69, 9.17) is 4.42 Å². The Kier molecular flexibility index (Phi) is 4.87. The first kappa shape index (κ1) is 20.5. The summed E-state index contributed by atoms with van der Waals surface area (Å²) in [6, 6.07) is 13.9. The second-order valence-corrected chi connectivity index (χ2v) is 9.58. The lowest BCUT2D eigenvalue weighted by atomic mass is 9.97. The van der Waals surface area contributed by atoms with E-state index < -0.39 is 0 Å². The van der Waals surface area contributed by atoms with Crippen molar-refractivity contribution in [2.45, 2.75) is 32.2 Å². The standard InChI is InChI=1S/C24H26FN5O2/c1-24(2,3)22-29-28-21(32-22)14-5-4-6-16(11-14)26-23(31)27-20-18-12-30(13-19(18)20)17-9-7-15(25)8-10-17/h4-11,18-20H,12-13H2,1-3H3,(H2,26,27,31)/t18-,19+,20?. The molecular formula is C24H26FN5O2. The number of urea groups is 1. The molecule has 2 heterocycles. The van der Waals surface area contributed by atoms with E-state index >= 15 is 0 Å². The number of halogens is 1. The van der Waals surface area contributed by atoms with Gasteiger partial charge in [-0.15, -0.1) is 10.2 Å². The number of aromatic nitrogens is 2. The maximum absolute atomic E-state index is 13.1. The number of carbonyl (C=O) groups excluding carboxylic acids is 1. The average molecular weight is 436 g/mol. The summed E-state index contributed by atoms with van der Waals surface area (Å²) in [7, 11) is 0. The lowest BCUT2D eigenvalue weighted by Gasteiger charge is -2.22. The number of hydrogen-bond acceptors (Lipinski definition) is 5. The van der Waals surface area contributed by atoms with Crippen molar-refractivity contribution in [3.05, 3.63) is 60.2 Å². The molecule has 5 rings (SSSR count). The Balaban J connectivity index is 1.16. The lowest BCUT2D eigenvalue weighted by Crippen LogP contribution is -2.37. The van der Waals surface area contributed by atoms with Gasteiger partial charge in [-0.2, -0.15) is 0 Å². The van der Waals surface area contributed by atoms with Crippen LogP contribution in [0, 0.1) is 17.7 Å². The Labute approximate surface area is 186 Å². The molecule has 166 valence electrons. The Hall–Kier alpha value is -3.42. The van der Waals surface area contributed by atoms with E-state index in [-0.39, 0.29) is 23.3 Å². The van der Waals surface area contributed by atoms with Crippen LogP contribution >= 0.6 is 0 Å². The number of benzene rings is 2. The molecular weight excluding hydrogens is 409 g/mol. The molecule has 1 aliphatic heterocycles. The second-order valence-electron chi connectivity index (χ2n) is 9.58. The van der Waals surface area contributed by atoms with E-state index in [1.165, 1.54) is 12.1 Å². The quantitative estimate of drug-likeness (QED) is 0.634. The van der Waals surface area contributed by atoms with Crippen LogP contribution in [0.2, 0.25) is 0 Å². The highest BCUT2D eigenvalue weighted by molar-refractivity contribution is 5.90. The molecule has 3 aromatic rings. The fourth-order valence-electron chi connectivity index (χ4n) is 4.29. The summed E-state index contributed by atoms with van der Waals surface area (Å²) in [5.74, 6) is 1.61. The summed E-state index contributed by atoms with van der Waals surface area (Å²) >= 11 is 0. The topological polar surface area (TPSA) is 83.3 Å². The minimum Gasteiger partial charge on any atom is -0.420 e. The van der Waals surface area contributed by atoms with Crippen LogP contribution in [-0.4, -0.2) is 35.4 Å². The lowest BCUT2D eigenvalue weighted by molar-refractivity contribution is 0.250. The van der Waals surface area contributed by atoms with Crippen molar-refractivity contribution in [3.63, 3.8) is 0 Å². The van der Waals surface area contributed by atoms with Crippen molar-refractivity contribution in [3.8, 4) is 11.5 Å². The molecule has 1 aliphatic carbocycles. The van der Waals surface area contributed by atoms with Gasteiger partial charge in [0.25, 0.3) is 0 Å². The van der Waals surface area contributed by atoms with Crippen LogP contribution in [-0.2, 0) is 5.41 Å². The smallest absolute Gasteiger partial charge is 0.319 e. The predicted octanol–water partition coefficient (Wildman–Crippen LogP) is 4.43. The minimum absolute atomic E-state index is 0.167. The van der Waals surface area contributed by atoms with Crippen LogP contribution < -0.4 is 15.5 Å². The van der Waals surface area contributed by atoms with Crippen LogP contribution in [0.1, 0.15) is 26.7 Å². The molecule has 2 N–H and O–H groups in total. The maximum Gasteiger partial charge on any atom is 0.319 e. The molecule has 0 radical (unpaired) electrons. The van der Waals surface area contributed by atoms with E-state index in [0.717, 1.165) is 24.3 Å². The molecule has 8 heteroatoms. The van der Waals surface area contributed by atoms with Gasteiger partial charge in [-0.1, -0.05) is 26.8 Å². The number of rotatable bonds is 4. The van der Waals surface area contributed by atoms with E-state index in [2.05, 4.69) is 25.7 Å². The first-order valence-corrected chi connectivity index (χ1v) is 10.8. The summed E-state index contributed by atoms with van der Waals surface area (Å²) in [6.45, 7) is 7.77. The molecule has 1 saturated heterocycles. The molecule has 2 aromatic carbocycles. The number of amides is 2. The fourth-order valence-corrected chi connectivity index (χ4v) is 4.29. The van der Waals surface area contributed by atoms with Crippen molar-refractivity contribution in [1.82, 2.24) is 15.5 Å². The van der Waals surface area contributed by atoms with Crippen molar-refractivity contribution in [1.29, 1.82) is 0 Å². The number of hydrogen-bond donors (Lipinski definition) is 2. The van der Waals surface area contributed by atoms with Gasteiger partial charge >= 0.3 is 6.03 Å². The predicted molar refractivity (Wildman–Crippen MR) is 120 cm³/mol. The molecule has 1 unspecified atom stereocenters. The summed E-state index contributed by atoms with van der Waals surface area (Å²) in [5.41, 5.74) is 2.21. The van der Waals surface area contributed by atoms with Crippen LogP contribution in [0.15, 0.2) is 52.9 Å². The third kappa shape index (κ3) is 4.04. The van der Waals surface area contributed by atoms with Crippen LogP contribution in [0.3, 0.4) is 0 Å². The van der Waals surface area contributed by atoms with Crippen molar-refractivity contribution in [2.24, 2.45) is 11.8 Å². The number of nitrogens with one attached hydrogen (secondary N) is 2. The Morgan fingerprint density at radius 1 is 1.09 bits per heavy atom. The molecule has 1 saturated carbocycles. The zero-order valence-corrected chi connectivity index (χ0v) is 18.3. The molecule has 2 amide bonds. The molecule has 3 atom stereocenters. The SMILES string of the molecule is CC(C)(C)c1nnc(-c2cccc(NC(=O)NC3[C@H]4CN(c5ccc(F)cc5)C[C@@H]34)c2)o1. The molecule has 0 spiro atoms. The summed E-state index contributed by atoms with van der Waals surface area (Å²) in [4.78, 5) is 14.8. The van der Waals surface area contributed by atoms with Crippen LogP contribution in [0.4, 0.5) is 20.6 Å². The van der Waals surface area contributed by atoms with Crippen LogP contribution in [0.25, 0.3) is 11.5 Å². The molecule has 7 nitrogen and oxygen atoms in total. The third-order valence-corrected chi connectivity index (χ3v) is 6.12. The molecule has 2 aliphatic rings. The van der Waals surface area contributed by atoms with E-state index in [1.807, 2.05) is 45.0 Å². The van der Waals surface area contributed by atoms with Gasteiger partial charge < -0.3 is 20.0 Å². The zero-order valence-electron chi connectivity index (χ0n) is 18.3. The first-order chi connectivity index (χ1) is 15.3. The number of nitrogens with zero attached hydrogens (tertiary/aromatic N) is 3. The summed E-state index contributed by atoms with van der Waals surface area (Å²) < 4.78 is 18.9. The highest BCUT2D eigenvalue weighted by Gasteiger charge is 2.56. The largest absolute Gasteiger partial charge is 0.420 e. The molecule has 32 heavy (non-hydrogen) atoms. The average Bonchev–Trinajstić information content (AvgIpc) is 3.16. The Morgan fingerprint density at radius 2 is 1.81 bits per heavy atom. The molecule has 0 bridgehead atoms. The monoisotopic (exact) mass is 435 g/mol. The fraction of sp³-hybridized carbons (Fsp3) is 0.375. The van der Waals surface area contributed by atoms with Crippen molar-refractivity contribution in [2.75, 3.05) is 23.3 Å². The Morgan fingerprint density at radius 3 is 2.47 bits per heavy atom. The number of carbonyl (C=O) groups is 1. The highest BCUT2D eigenvalue weighted by atomic mass is 19.1. The van der Waals surface area contributed by atoms with Crippen molar-refractivity contribution >= 4 is 17.4 Å². The number of anilines is 2. The van der Waals surface area contributed by atoms with E-state index in [9.17, 15) is 9.18 Å². The second kappa shape index (κ2) is 7.62. The normalized spacial score (nSPS) is 21.9. The van der Waals surface area contributed by atoms with Gasteiger partial charge in [0, 0.05) is 53.3 Å².